The topological polar surface area (TPSA) is 32.3 Å². The van der Waals surface area contributed by atoms with E-state index in [1.807, 2.05) is 18.2 Å². The number of likely N-dealkylation sites (N-methyl/N-ethyl adjacent to an activating group) is 1. The average Bonchev–Trinajstić information content (AvgIpc) is 2.67. The van der Waals surface area contributed by atoms with Crippen LogP contribution in [0.2, 0.25) is 0 Å². The van der Waals surface area contributed by atoms with Crippen molar-refractivity contribution in [1.82, 2.24) is 14.9 Å². The zero-order valence-electron chi connectivity index (χ0n) is 14.3. The summed E-state index contributed by atoms with van der Waals surface area (Å²) in [6.45, 7) is 4.09. The molecule has 0 unspecified atom stereocenters. The Morgan fingerprint density at radius 1 is 0.880 bits per heavy atom. The second-order valence-electron chi connectivity index (χ2n) is 6.31. The fraction of sp³-hybridized carbons (Fsp3) is 0.238. The van der Waals surface area contributed by atoms with Crippen molar-refractivity contribution in [3.8, 4) is 11.8 Å². The molecule has 1 fully saturated rings. The van der Waals surface area contributed by atoms with Crippen LogP contribution >= 0.6 is 0 Å². The van der Waals surface area contributed by atoms with Crippen LogP contribution in [0.5, 0.6) is 0 Å². The molecule has 0 saturated carbocycles. The van der Waals surface area contributed by atoms with Crippen molar-refractivity contribution in [3.05, 3.63) is 66.1 Å². The third kappa shape index (κ3) is 3.47. The van der Waals surface area contributed by atoms with Gasteiger partial charge in [0.15, 0.2) is 0 Å². The number of pyridine rings is 2. The summed E-state index contributed by atoms with van der Waals surface area (Å²) in [7, 11) is 2.16. The highest BCUT2D eigenvalue weighted by Gasteiger charge is 2.18. The van der Waals surface area contributed by atoms with Crippen LogP contribution in [-0.4, -0.2) is 48.1 Å². The molecule has 1 aromatic carbocycles. The Morgan fingerprint density at radius 3 is 2.44 bits per heavy atom. The Kier molecular flexibility index (Phi) is 4.32. The Balaban J connectivity index is 1.75. The summed E-state index contributed by atoms with van der Waals surface area (Å²) >= 11 is 0. The molecule has 0 N–H and O–H groups in total. The van der Waals surface area contributed by atoms with Gasteiger partial charge in [0.2, 0.25) is 0 Å². The fourth-order valence-corrected chi connectivity index (χ4v) is 3.07. The van der Waals surface area contributed by atoms with Crippen LogP contribution in [0, 0.1) is 11.8 Å². The third-order valence-electron chi connectivity index (χ3n) is 4.51. The number of nitrogens with zero attached hydrogens (tertiary/aromatic N) is 4. The monoisotopic (exact) mass is 328 g/mol. The summed E-state index contributed by atoms with van der Waals surface area (Å²) in [5, 5.41) is 2.37. The second-order valence-corrected chi connectivity index (χ2v) is 6.31. The molecule has 0 atom stereocenters. The first-order chi connectivity index (χ1) is 12.3. The molecule has 124 valence electrons. The number of fused-ring (bicyclic) bond motifs is 1. The fourth-order valence-electron chi connectivity index (χ4n) is 3.07. The van der Waals surface area contributed by atoms with E-state index in [4.69, 9.17) is 4.98 Å². The number of rotatable bonds is 1. The van der Waals surface area contributed by atoms with E-state index in [-0.39, 0.29) is 0 Å². The second kappa shape index (κ2) is 6.92. The van der Waals surface area contributed by atoms with Gasteiger partial charge in [0.25, 0.3) is 0 Å². The van der Waals surface area contributed by atoms with E-state index in [0.29, 0.717) is 0 Å². The summed E-state index contributed by atoms with van der Waals surface area (Å²) < 4.78 is 0. The van der Waals surface area contributed by atoms with Crippen LogP contribution in [0.3, 0.4) is 0 Å². The Hall–Kier alpha value is -2.90. The van der Waals surface area contributed by atoms with Crippen LogP contribution in [-0.2, 0) is 0 Å². The standard InChI is InChI=1S/C21H20N4/c1-24-12-14-25(15-13-24)21-20-8-3-2-6-17(20)16-19(23-21)10-9-18-7-4-5-11-22-18/h2-8,11,16H,12-15H2,1H3. The van der Waals surface area contributed by atoms with Gasteiger partial charge in [-0.15, -0.1) is 0 Å². The van der Waals surface area contributed by atoms with Crippen LogP contribution < -0.4 is 4.90 Å². The molecule has 0 radical (unpaired) electrons. The van der Waals surface area contributed by atoms with Crippen LogP contribution in [0.25, 0.3) is 10.8 Å². The Labute approximate surface area is 148 Å². The summed E-state index contributed by atoms with van der Waals surface area (Å²) in [5.74, 6) is 7.33. The van der Waals surface area contributed by atoms with Crippen molar-refractivity contribution < 1.29 is 0 Å². The van der Waals surface area contributed by atoms with E-state index < -0.39 is 0 Å². The highest BCUT2D eigenvalue weighted by atomic mass is 15.3. The quantitative estimate of drug-likeness (QED) is 0.643. The van der Waals surface area contributed by atoms with E-state index in [0.717, 1.165) is 43.4 Å². The maximum absolute atomic E-state index is 4.87. The molecule has 1 aliphatic heterocycles. The number of anilines is 1. The van der Waals surface area contributed by atoms with E-state index in [1.165, 1.54) is 10.8 Å². The van der Waals surface area contributed by atoms with E-state index in [2.05, 4.69) is 64.0 Å². The van der Waals surface area contributed by atoms with Crippen molar-refractivity contribution in [2.75, 3.05) is 38.1 Å². The minimum absolute atomic E-state index is 0.763. The van der Waals surface area contributed by atoms with Crippen molar-refractivity contribution in [1.29, 1.82) is 0 Å². The molecule has 0 bridgehead atoms. The van der Waals surface area contributed by atoms with Crippen molar-refractivity contribution >= 4 is 16.6 Å². The first-order valence-corrected chi connectivity index (χ1v) is 8.56. The lowest BCUT2D eigenvalue weighted by Gasteiger charge is -2.33. The lowest BCUT2D eigenvalue weighted by atomic mass is 10.1. The zero-order valence-corrected chi connectivity index (χ0v) is 14.3. The Bertz CT molecular complexity index is 932. The largest absolute Gasteiger partial charge is 0.353 e. The van der Waals surface area contributed by atoms with Crippen LogP contribution in [0.4, 0.5) is 5.82 Å². The molecule has 4 heteroatoms. The first kappa shape index (κ1) is 15.6. The molecule has 0 amide bonds. The summed E-state index contributed by atoms with van der Waals surface area (Å²) in [6.07, 6.45) is 1.76. The molecule has 25 heavy (non-hydrogen) atoms. The van der Waals surface area contributed by atoms with Gasteiger partial charge in [-0.05, 0) is 42.5 Å². The molecular formula is C21H20N4. The number of benzene rings is 1. The number of hydrogen-bond acceptors (Lipinski definition) is 4. The lowest BCUT2D eigenvalue weighted by Crippen LogP contribution is -2.44. The predicted molar refractivity (Wildman–Crippen MR) is 102 cm³/mol. The number of piperazine rings is 1. The van der Waals surface area contributed by atoms with E-state index in [9.17, 15) is 0 Å². The number of aromatic nitrogens is 2. The van der Waals surface area contributed by atoms with E-state index in [1.54, 1.807) is 6.20 Å². The molecule has 0 aliphatic carbocycles. The zero-order chi connectivity index (χ0) is 17.1. The molecule has 4 nitrogen and oxygen atoms in total. The molecule has 0 spiro atoms. The highest BCUT2D eigenvalue weighted by molar-refractivity contribution is 5.93. The average molecular weight is 328 g/mol. The van der Waals surface area contributed by atoms with Gasteiger partial charge in [-0.3, -0.25) is 0 Å². The third-order valence-corrected chi connectivity index (χ3v) is 4.51. The van der Waals surface area contributed by atoms with Gasteiger partial charge in [0, 0.05) is 37.8 Å². The molecule has 4 rings (SSSR count). The maximum Gasteiger partial charge on any atom is 0.138 e. The van der Waals surface area contributed by atoms with Gasteiger partial charge in [-0.1, -0.05) is 30.3 Å². The lowest BCUT2D eigenvalue weighted by molar-refractivity contribution is 0.312. The van der Waals surface area contributed by atoms with Gasteiger partial charge in [-0.2, -0.15) is 0 Å². The molecule has 2 aromatic heterocycles. The molecule has 3 aromatic rings. The van der Waals surface area contributed by atoms with Gasteiger partial charge in [0.1, 0.15) is 17.2 Å². The SMILES string of the molecule is CN1CCN(c2nc(C#Cc3ccccn3)cc3ccccc23)CC1. The first-order valence-electron chi connectivity index (χ1n) is 8.56. The van der Waals surface area contributed by atoms with Crippen LogP contribution in [0.15, 0.2) is 54.7 Å². The Morgan fingerprint density at radius 2 is 1.64 bits per heavy atom. The van der Waals surface area contributed by atoms with Gasteiger partial charge < -0.3 is 9.80 Å². The van der Waals surface area contributed by atoms with Crippen molar-refractivity contribution in [2.45, 2.75) is 0 Å². The summed E-state index contributed by atoms with van der Waals surface area (Å²) in [4.78, 5) is 13.9. The minimum Gasteiger partial charge on any atom is -0.353 e. The predicted octanol–water partition coefficient (Wildman–Crippen LogP) is 2.78. The molecular weight excluding hydrogens is 308 g/mol. The van der Waals surface area contributed by atoms with E-state index >= 15 is 0 Å². The maximum atomic E-state index is 4.87. The summed E-state index contributed by atoms with van der Waals surface area (Å²) in [5.41, 5.74) is 1.55. The smallest absolute Gasteiger partial charge is 0.138 e. The molecule has 1 aliphatic rings. The minimum atomic E-state index is 0.763. The van der Waals surface area contributed by atoms with Crippen molar-refractivity contribution in [3.63, 3.8) is 0 Å². The van der Waals surface area contributed by atoms with Crippen molar-refractivity contribution in [2.24, 2.45) is 0 Å². The highest BCUT2D eigenvalue weighted by Crippen LogP contribution is 2.26. The van der Waals surface area contributed by atoms with Crippen LogP contribution in [0.1, 0.15) is 11.4 Å². The molecule has 3 heterocycles. The van der Waals surface area contributed by atoms with Gasteiger partial charge in [-0.25, -0.2) is 9.97 Å². The summed E-state index contributed by atoms with van der Waals surface area (Å²) in [6, 6.07) is 16.2. The normalized spacial score (nSPS) is 15.0. The number of hydrogen-bond donors (Lipinski definition) is 0. The molecule has 1 saturated heterocycles. The van der Waals surface area contributed by atoms with Gasteiger partial charge in [0.05, 0.1) is 0 Å². The van der Waals surface area contributed by atoms with Gasteiger partial charge >= 0.3 is 0 Å².